The molecule has 0 amide bonds. The van der Waals surface area contributed by atoms with E-state index in [1.807, 2.05) is 12.1 Å². The third-order valence-corrected chi connectivity index (χ3v) is 8.04. The quantitative estimate of drug-likeness (QED) is 0.167. The smallest absolute Gasteiger partial charge is 0.198 e. The zero-order valence-corrected chi connectivity index (χ0v) is 21.2. The summed E-state index contributed by atoms with van der Waals surface area (Å²) in [4.78, 5) is 0. The molecule has 1 heterocycles. The maximum absolute atomic E-state index is 15.3. The van der Waals surface area contributed by atoms with Gasteiger partial charge in [0.05, 0.1) is 0 Å². The van der Waals surface area contributed by atoms with Crippen molar-refractivity contribution in [1.29, 1.82) is 0 Å². The minimum atomic E-state index is -0.229. The van der Waals surface area contributed by atoms with Crippen LogP contribution in [0.25, 0.3) is 21.7 Å². The highest BCUT2D eigenvalue weighted by Gasteiger charge is 2.22. The first-order valence-corrected chi connectivity index (χ1v) is 13.7. The first-order valence-electron chi connectivity index (χ1n) is 13.3. The number of hydrogen-bond acceptors (Lipinski definition) is 2. The predicted octanol–water partition coefficient (Wildman–Crippen LogP) is 10.4. The van der Waals surface area contributed by atoms with Crippen molar-refractivity contribution in [1.82, 2.24) is 0 Å². The van der Waals surface area contributed by atoms with Gasteiger partial charge in [0, 0.05) is 10.8 Å². The van der Waals surface area contributed by atoms with Crippen LogP contribution in [-0.2, 0) is 6.42 Å². The lowest BCUT2D eigenvalue weighted by molar-refractivity contribution is 0.308. The van der Waals surface area contributed by atoms with E-state index < -0.39 is 0 Å². The van der Waals surface area contributed by atoms with Crippen LogP contribution in [-0.4, -0.2) is 0 Å². The number of hydrogen-bond donors (Lipinski definition) is 0. The van der Waals surface area contributed by atoms with E-state index in [2.05, 4.69) is 32.0 Å². The van der Waals surface area contributed by atoms with Crippen LogP contribution in [0.5, 0.6) is 0 Å². The van der Waals surface area contributed by atoms with Crippen LogP contribution in [0.3, 0.4) is 0 Å². The van der Waals surface area contributed by atoms with E-state index in [9.17, 15) is 0 Å². The number of fused-ring (bicyclic) bond motifs is 3. The van der Waals surface area contributed by atoms with Crippen molar-refractivity contribution in [2.45, 2.75) is 103 Å². The van der Waals surface area contributed by atoms with Crippen LogP contribution in [0.15, 0.2) is 34.7 Å². The molecule has 178 valence electrons. The Balaban J connectivity index is 1.54. The van der Waals surface area contributed by atoms with Crippen LogP contribution >= 0.6 is 12.2 Å². The molecule has 0 unspecified atom stereocenters. The molecule has 0 atom stereocenters. The molecule has 1 aliphatic carbocycles. The van der Waals surface area contributed by atoms with Gasteiger partial charge in [-0.25, -0.2) is 4.39 Å². The van der Waals surface area contributed by atoms with Crippen LogP contribution in [0.2, 0.25) is 0 Å². The van der Waals surface area contributed by atoms with Crippen molar-refractivity contribution in [2.75, 3.05) is 0 Å². The van der Waals surface area contributed by atoms with E-state index >= 15 is 4.39 Å². The molecule has 1 saturated carbocycles. The summed E-state index contributed by atoms with van der Waals surface area (Å²) in [6.45, 7) is 4.51. The standard InChI is InChI=1S/C30H39FOS/c1-3-5-6-7-8-9-11-23-16-19-26-25-18-17-24(22-14-12-21(10-4-2)13-15-22)20-27(25)30(33)32-29(26)28(23)31/h16-22H,3-15H2,1-2H3. The molecule has 1 nitrogen and oxygen atoms in total. The molecule has 0 spiro atoms. The summed E-state index contributed by atoms with van der Waals surface area (Å²) in [6, 6.07) is 10.6. The van der Waals surface area contributed by atoms with Crippen molar-refractivity contribution in [3.8, 4) is 0 Å². The molecule has 0 N–H and O–H groups in total. The van der Waals surface area contributed by atoms with Crippen LogP contribution < -0.4 is 0 Å². The molecular weight excluding hydrogens is 427 g/mol. The molecule has 3 heteroatoms. The third-order valence-electron chi connectivity index (χ3n) is 7.74. The summed E-state index contributed by atoms with van der Waals surface area (Å²) in [6.07, 6.45) is 15.8. The molecule has 1 aromatic heterocycles. The van der Waals surface area contributed by atoms with Gasteiger partial charge in [0.1, 0.15) is 0 Å². The fraction of sp³-hybridized carbons (Fsp3) is 0.567. The lowest BCUT2D eigenvalue weighted by Crippen LogP contribution is -2.13. The SMILES string of the molecule is CCCCCCCCc1ccc2c(oc(=S)c3cc(C4CCC(CCC)CC4)ccc32)c1F. The van der Waals surface area contributed by atoms with E-state index in [0.29, 0.717) is 16.2 Å². The largest absolute Gasteiger partial charge is 0.441 e. The highest BCUT2D eigenvalue weighted by molar-refractivity contribution is 7.71. The second-order valence-electron chi connectivity index (χ2n) is 10.1. The van der Waals surface area contributed by atoms with E-state index in [-0.39, 0.29) is 5.82 Å². The highest BCUT2D eigenvalue weighted by Crippen LogP contribution is 2.39. The van der Waals surface area contributed by atoms with Crippen molar-refractivity contribution in [3.05, 3.63) is 52.0 Å². The van der Waals surface area contributed by atoms with Crippen molar-refractivity contribution in [3.63, 3.8) is 0 Å². The first-order chi connectivity index (χ1) is 16.1. The summed E-state index contributed by atoms with van der Waals surface area (Å²) in [5.74, 6) is 1.27. The Morgan fingerprint density at radius 1 is 0.848 bits per heavy atom. The molecule has 33 heavy (non-hydrogen) atoms. The van der Waals surface area contributed by atoms with Gasteiger partial charge < -0.3 is 4.42 Å². The van der Waals surface area contributed by atoms with Gasteiger partial charge >= 0.3 is 0 Å². The Kier molecular flexibility index (Phi) is 8.57. The summed E-state index contributed by atoms with van der Waals surface area (Å²) >= 11 is 5.61. The minimum absolute atomic E-state index is 0.229. The Hall–Kier alpha value is -1.74. The molecule has 0 saturated heterocycles. The Labute approximate surface area is 203 Å². The van der Waals surface area contributed by atoms with Gasteiger partial charge in [-0.3, -0.25) is 0 Å². The van der Waals surface area contributed by atoms with E-state index in [4.69, 9.17) is 16.6 Å². The second-order valence-corrected chi connectivity index (χ2v) is 10.5. The summed E-state index contributed by atoms with van der Waals surface area (Å²) < 4.78 is 21.7. The van der Waals surface area contributed by atoms with Gasteiger partial charge in [0.2, 0.25) is 0 Å². The predicted molar refractivity (Wildman–Crippen MR) is 141 cm³/mol. The Morgan fingerprint density at radius 3 is 2.33 bits per heavy atom. The van der Waals surface area contributed by atoms with Crippen LogP contribution in [0.1, 0.15) is 108 Å². The molecular formula is C30H39FOS. The van der Waals surface area contributed by atoms with Crippen molar-refractivity contribution >= 4 is 34.0 Å². The molecule has 2 aromatic carbocycles. The number of halogens is 1. The average Bonchev–Trinajstić information content (AvgIpc) is 2.83. The fourth-order valence-corrected chi connectivity index (χ4v) is 6.01. The maximum atomic E-state index is 15.3. The number of unbranched alkanes of at least 4 members (excludes halogenated alkanes) is 5. The molecule has 0 radical (unpaired) electrons. The van der Waals surface area contributed by atoms with Gasteiger partial charge in [-0.15, -0.1) is 0 Å². The van der Waals surface area contributed by atoms with Gasteiger partial charge in [-0.1, -0.05) is 83.1 Å². The second kappa shape index (κ2) is 11.6. The van der Waals surface area contributed by atoms with Crippen LogP contribution in [0, 0.1) is 16.4 Å². The lowest BCUT2D eigenvalue weighted by atomic mass is 9.77. The Bertz CT molecular complexity index is 1120. The van der Waals surface area contributed by atoms with Crippen LogP contribution in [0.4, 0.5) is 4.39 Å². The van der Waals surface area contributed by atoms with Gasteiger partial charge in [-0.2, -0.15) is 0 Å². The van der Waals surface area contributed by atoms with Crippen molar-refractivity contribution < 1.29 is 8.81 Å². The van der Waals surface area contributed by atoms with E-state index in [0.717, 1.165) is 46.9 Å². The first kappa shape index (κ1) is 24.4. The topological polar surface area (TPSA) is 13.1 Å². The molecule has 0 aliphatic heterocycles. The third kappa shape index (κ3) is 5.67. The zero-order valence-electron chi connectivity index (χ0n) is 20.4. The maximum Gasteiger partial charge on any atom is 0.198 e. The molecule has 3 aromatic rings. The summed E-state index contributed by atoms with van der Waals surface area (Å²) in [5.41, 5.74) is 2.43. The van der Waals surface area contributed by atoms with E-state index in [1.165, 1.54) is 69.8 Å². The van der Waals surface area contributed by atoms with E-state index in [1.54, 1.807) is 0 Å². The molecule has 1 aliphatic rings. The highest BCUT2D eigenvalue weighted by atomic mass is 32.1. The summed E-state index contributed by atoms with van der Waals surface area (Å²) in [5, 5.41) is 2.80. The van der Waals surface area contributed by atoms with Gasteiger partial charge in [-0.05, 0) is 85.2 Å². The van der Waals surface area contributed by atoms with Crippen molar-refractivity contribution in [2.24, 2.45) is 5.92 Å². The molecule has 1 fully saturated rings. The molecule has 0 bridgehead atoms. The summed E-state index contributed by atoms with van der Waals surface area (Å²) in [7, 11) is 0. The molecule has 4 rings (SSSR count). The zero-order chi connectivity index (χ0) is 23.2. The fourth-order valence-electron chi connectivity index (χ4n) is 5.76. The van der Waals surface area contributed by atoms with Gasteiger partial charge in [0.25, 0.3) is 0 Å². The Morgan fingerprint density at radius 2 is 1.58 bits per heavy atom. The number of aryl methyl sites for hydroxylation is 1. The average molecular weight is 467 g/mol. The normalized spacial score (nSPS) is 18.9. The lowest BCUT2D eigenvalue weighted by Gasteiger charge is -2.28. The minimum Gasteiger partial charge on any atom is -0.441 e. The monoisotopic (exact) mass is 466 g/mol. The van der Waals surface area contributed by atoms with Gasteiger partial charge in [0.15, 0.2) is 16.1 Å². The number of rotatable bonds is 10. The number of benzene rings is 2.